The summed E-state index contributed by atoms with van der Waals surface area (Å²) >= 11 is 1.84. The molecule has 0 aromatic heterocycles. The molecule has 0 radical (unpaired) electrons. The highest BCUT2D eigenvalue weighted by Crippen LogP contribution is 2.34. The van der Waals surface area contributed by atoms with Crippen molar-refractivity contribution in [1.82, 2.24) is 4.31 Å². The van der Waals surface area contributed by atoms with Gasteiger partial charge in [-0.15, -0.1) is 0 Å². The molecular weight excluding hydrogens is 338 g/mol. The normalized spacial score (nSPS) is 20.1. The van der Waals surface area contributed by atoms with Crippen LogP contribution in [0.25, 0.3) is 6.08 Å². The van der Waals surface area contributed by atoms with Gasteiger partial charge in [0.1, 0.15) is 0 Å². The average molecular weight is 360 g/mol. The van der Waals surface area contributed by atoms with Crippen LogP contribution in [-0.2, 0) is 10.0 Å². The fourth-order valence-corrected chi connectivity index (χ4v) is 5.31. The zero-order valence-corrected chi connectivity index (χ0v) is 15.0. The molecule has 1 saturated heterocycles. The molecule has 0 aliphatic carbocycles. The molecule has 0 bridgehead atoms. The first-order valence-corrected chi connectivity index (χ1v) is 10.6. The van der Waals surface area contributed by atoms with Crippen molar-refractivity contribution < 1.29 is 8.42 Å². The van der Waals surface area contributed by atoms with E-state index in [-0.39, 0.29) is 0 Å². The number of nitrogens with zero attached hydrogens (tertiary/aromatic N) is 1. The predicted octanol–water partition coefficient (Wildman–Crippen LogP) is 4.17. The predicted molar refractivity (Wildman–Crippen MR) is 102 cm³/mol. The molecule has 0 spiro atoms. The molecule has 2 aromatic carbocycles. The molecular formula is C19H21NO2S2. The largest absolute Gasteiger partial charge is 0.236 e. The van der Waals surface area contributed by atoms with Crippen LogP contribution < -0.4 is 0 Å². The van der Waals surface area contributed by atoms with Crippen molar-refractivity contribution in [3.05, 3.63) is 77.2 Å². The van der Waals surface area contributed by atoms with Gasteiger partial charge in [-0.2, -0.15) is 16.1 Å². The van der Waals surface area contributed by atoms with Gasteiger partial charge < -0.3 is 0 Å². The second-order valence-corrected chi connectivity index (χ2v) is 8.85. The molecule has 1 aliphatic rings. The molecule has 5 heteroatoms. The Balaban J connectivity index is 1.68. The monoisotopic (exact) mass is 359 g/mol. The van der Waals surface area contributed by atoms with Crippen LogP contribution in [0.2, 0.25) is 0 Å². The van der Waals surface area contributed by atoms with Gasteiger partial charge in [-0.3, -0.25) is 0 Å². The van der Waals surface area contributed by atoms with Crippen molar-refractivity contribution in [2.24, 2.45) is 0 Å². The fraction of sp³-hybridized carbons (Fsp3) is 0.263. The van der Waals surface area contributed by atoms with Crippen molar-refractivity contribution in [2.75, 3.05) is 18.8 Å². The molecule has 24 heavy (non-hydrogen) atoms. The summed E-state index contributed by atoms with van der Waals surface area (Å²) in [6.45, 7) is 1.13. The number of sulfonamides is 1. The SMILES string of the molecule is O=S(=O)(/C=C/c1ccccc1)N1CCS[C@H](c2ccccc2)CC1. The highest BCUT2D eigenvalue weighted by Gasteiger charge is 2.25. The topological polar surface area (TPSA) is 37.4 Å². The van der Waals surface area contributed by atoms with E-state index in [4.69, 9.17) is 0 Å². The highest BCUT2D eigenvalue weighted by molar-refractivity contribution is 7.99. The smallest absolute Gasteiger partial charge is 0.208 e. The van der Waals surface area contributed by atoms with Gasteiger partial charge in [0.15, 0.2) is 0 Å². The van der Waals surface area contributed by atoms with Gasteiger partial charge in [-0.25, -0.2) is 8.42 Å². The molecule has 1 aliphatic heterocycles. The van der Waals surface area contributed by atoms with E-state index in [1.54, 1.807) is 10.4 Å². The van der Waals surface area contributed by atoms with E-state index < -0.39 is 10.0 Å². The van der Waals surface area contributed by atoms with E-state index in [1.807, 2.05) is 60.3 Å². The highest BCUT2D eigenvalue weighted by atomic mass is 32.2. The van der Waals surface area contributed by atoms with Gasteiger partial charge in [-0.1, -0.05) is 60.7 Å². The van der Waals surface area contributed by atoms with E-state index in [0.29, 0.717) is 18.3 Å². The summed E-state index contributed by atoms with van der Waals surface area (Å²) in [7, 11) is -3.37. The van der Waals surface area contributed by atoms with Crippen molar-refractivity contribution in [1.29, 1.82) is 0 Å². The lowest BCUT2D eigenvalue weighted by Gasteiger charge is -2.17. The van der Waals surface area contributed by atoms with E-state index in [0.717, 1.165) is 17.7 Å². The summed E-state index contributed by atoms with van der Waals surface area (Å²) in [5.74, 6) is 0.817. The summed E-state index contributed by atoms with van der Waals surface area (Å²) in [6, 6.07) is 19.9. The second-order valence-electron chi connectivity index (χ2n) is 5.72. The summed E-state index contributed by atoms with van der Waals surface area (Å²) in [6.07, 6.45) is 2.51. The van der Waals surface area contributed by atoms with Gasteiger partial charge in [0, 0.05) is 29.5 Å². The molecule has 3 rings (SSSR count). The van der Waals surface area contributed by atoms with Crippen LogP contribution in [0.3, 0.4) is 0 Å². The van der Waals surface area contributed by atoms with Crippen molar-refractivity contribution >= 4 is 27.9 Å². The van der Waals surface area contributed by atoms with E-state index in [2.05, 4.69) is 12.1 Å². The third kappa shape index (κ3) is 4.50. The quantitative estimate of drug-likeness (QED) is 0.822. The first-order chi connectivity index (χ1) is 11.6. The maximum absolute atomic E-state index is 12.6. The summed E-state index contributed by atoms with van der Waals surface area (Å²) < 4.78 is 26.8. The molecule has 2 aromatic rings. The van der Waals surface area contributed by atoms with Gasteiger partial charge in [0.2, 0.25) is 10.0 Å². The Kier molecular flexibility index (Phi) is 5.76. The Bertz CT molecular complexity index is 774. The van der Waals surface area contributed by atoms with Gasteiger partial charge >= 0.3 is 0 Å². The first-order valence-electron chi connectivity index (χ1n) is 8.05. The minimum atomic E-state index is -3.37. The van der Waals surface area contributed by atoms with Gasteiger partial charge in [0.25, 0.3) is 0 Å². The van der Waals surface area contributed by atoms with Crippen LogP contribution in [0.4, 0.5) is 0 Å². The van der Waals surface area contributed by atoms with Crippen LogP contribution in [0, 0.1) is 0 Å². The number of benzene rings is 2. The average Bonchev–Trinajstić information content (AvgIpc) is 2.89. The lowest BCUT2D eigenvalue weighted by atomic mass is 10.1. The van der Waals surface area contributed by atoms with E-state index in [1.165, 1.54) is 11.0 Å². The molecule has 3 nitrogen and oxygen atoms in total. The Morgan fingerprint density at radius 3 is 2.33 bits per heavy atom. The van der Waals surface area contributed by atoms with Crippen LogP contribution in [-0.4, -0.2) is 31.6 Å². The number of hydrogen-bond donors (Lipinski definition) is 0. The zero-order valence-electron chi connectivity index (χ0n) is 13.4. The first kappa shape index (κ1) is 17.3. The molecule has 0 unspecified atom stereocenters. The van der Waals surface area contributed by atoms with Crippen LogP contribution in [0.1, 0.15) is 22.8 Å². The van der Waals surface area contributed by atoms with Gasteiger partial charge in [0.05, 0.1) is 0 Å². The Hall–Kier alpha value is -1.56. The third-order valence-corrected chi connectivity index (χ3v) is 6.96. The standard InChI is InChI=1S/C19H21NO2S2/c21-24(22,16-12-17-7-3-1-4-8-17)20-13-11-19(23-15-14-20)18-9-5-2-6-10-18/h1-10,12,16,19H,11,13-15H2/b16-12+/t19-/m0/s1. The Morgan fingerprint density at radius 1 is 0.958 bits per heavy atom. The summed E-state index contributed by atoms with van der Waals surface area (Å²) in [5, 5.41) is 1.69. The van der Waals surface area contributed by atoms with Crippen LogP contribution in [0.15, 0.2) is 66.1 Å². The van der Waals surface area contributed by atoms with E-state index >= 15 is 0 Å². The molecule has 1 heterocycles. The summed E-state index contributed by atoms with van der Waals surface area (Å²) in [4.78, 5) is 0. The maximum atomic E-state index is 12.6. The Labute approximate surface area is 148 Å². The summed E-state index contributed by atoms with van der Waals surface area (Å²) in [5.41, 5.74) is 2.18. The molecule has 0 N–H and O–H groups in total. The fourth-order valence-electron chi connectivity index (χ4n) is 2.75. The van der Waals surface area contributed by atoms with Crippen LogP contribution in [0.5, 0.6) is 0 Å². The van der Waals surface area contributed by atoms with Crippen molar-refractivity contribution in [3.63, 3.8) is 0 Å². The maximum Gasteiger partial charge on any atom is 0.236 e. The van der Waals surface area contributed by atoms with Crippen LogP contribution >= 0.6 is 11.8 Å². The lowest BCUT2D eigenvalue weighted by molar-refractivity contribution is 0.435. The van der Waals surface area contributed by atoms with E-state index in [9.17, 15) is 8.42 Å². The van der Waals surface area contributed by atoms with Crippen molar-refractivity contribution in [3.8, 4) is 0 Å². The zero-order chi connectivity index (χ0) is 16.8. The molecule has 126 valence electrons. The minimum absolute atomic E-state index is 0.365. The lowest BCUT2D eigenvalue weighted by Crippen LogP contribution is -2.31. The number of hydrogen-bond acceptors (Lipinski definition) is 3. The molecule has 1 fully saturated rings. The minimum Gasteiger partial charge on any atom is -0.208 e. The Morgan fingerprint density at radius 2 is 1.62 bits per heavy atom. The molecule has 1 atom stereocenters. The second kappa shape index (κ2) is 8.01. The molecule has 0 amide bonds. The third-order valence-electron chi connectivity index (χ3n) is 4.06. The number of thioether (sulfide) groups is 1. The molecule has 0 saturated carbocycles. The van der Waals surface area contributed by atoms with Crippen molar-refractivity contribution in [2.45, 2.75) is 11.7 Å². The van der Waals surface area contributed by atoms with Gasteiger partial charge in [-0.05, 0) is 23.6 Å². The number of rotatable bonds is 4.